The lowest BCUT2D eigenvalue weighted by Gasteiger charge is -2.27. The van der Waals surface area contributed by atoms with Crippen LogP contribution in [0.5, 0.6) is 0 Å². The molecule has 3 rings (SSSR count). The molecular formula is C17H22N2O2S2. The van der Waals surface area contributed by atoms with Crippen LogP contribution in [0.25, 0.3) is 10.2 Å². The van der Waals surface area contributed by atoms with Crippen LogP contribution in [-0.2, 0) is 6.54 Å². The summed E-state index contributed by atoms with van der Waals surface area (Å²) in [6, 6.07) is 0. The third-order valence-electron chi connectivity index (χ3n) is 4.49. The largest absolute Gasteiger partial charge is 0.392 e. The minimum atomic E-state index is -0.315. The molecule has 0 saturated heterocycles. The smallest absolute Gasteiger partial charge is 0.263 e. The van der Waals surface area contributed by atoms with Crippen LogP contribution in [0.1, 0.15) is 36.1 Å². The molecule has 0 bridgehead atoms. The second-order valence-corrected chi connectivity index (χ2v) is 8.48. The van der Waals surface area contributed by atoms with Gasteiger partial charge in [0.2, 0.25) is 0 Å². The summed E-state index contributed by atoms with van der Waals surface area (Å²) in [6.07, 6.45) is 5.42. The van der Waals surface area contributed by atoms with Crippen molar-refractivity contribution in [1.29, 1.82) is 0 Å². The fourth-order valence-corrected chi connectivity index (χ4v) is 5.39. The van der Waals surface area contributed by atoms with Gasteiger partial charge in [0.25, 0.3) is 5.56 Å². The highest BCUT2D eigenvalue weighted by Crippen LogP contribution is 2.34. The minimum Gasteiger partial charge on any atom is -0.392 e. The van der Waals surface area contributed by atoms with Gasteiger partial charge in [-0.05, 0) is 32.3 Å². The monoisotopic (exact) mass is 350 g/mol. The average molecular weight is 351 g/mol. The third kappa shape index (κ3) is 3.12. The molecule has 0 aliphatic heterocycles. The first-order valence-electron chi connectivity index (χ1n) is 7.99. The van der Waals surface area contributed by atoms with Gasteiger partial charge in [-0.3, -0.25) is 9.36 Å². The molecule has 1 fully saturated rings. The van der Waals surface area contributed by atoms with Crippen LogP contribution in [0.2, 0.25) is 0 Å². The van der Waals surface area contributed by atoms with Gasteiger partial charge in [0, 0.05) is 16.7 Å². The van der Waals surface area contributed by atoms with Crippen LogP contribution >= 0.6 is 23.1 Å². The number of hydrogen-bond acceptors (Lipinski definition) is 5. The zero-order valence-corrected chi connectivity index (χ0v) is 15.2. The lowest BCUT2D eigenvalue weighted by Crippen LogP contribution is -2.29. The lowest BCUT2D eigenvalue weighted by atomic mass is 9.97. The van der Waals surface area contributed by atoms with E-state index in [1.807, 2.05) is 13.8 Å². The molecule has 124 valence electrons. The Morgan fingerprint density at radius 3 is 2.87 bits per heavy atom. The lowest BCUT2D eigenvalue weighted by molar-refractivity contribution is 0.136. The molecular weight excluding hydrogens is 328 g/mol. The molecule has 4 nitrogen and oxygen atoms in total. The number of aromatic nitrogens is 2. The van der Waals surface area contributed by atoms with Crippen molar-refractivity contribution in [2.24, 2.45) is 0 Å². The van der Waals surface area contributed by atoms with E-state index in [4.69, 9.17) is 4.98 Å². The van der Waals surface area contributed by atoms with E-state index in [9.17, 15) is 9.90 Å². The van der Waals surface area contributed by atoms with Gasteiger partial charge in [0.1, 0.15) is 4.83 Å². The molecule has 2 aromatic rings. The molecule has 0 radical (unpaired) electrons. The minimum absolute atomic E-state index is 0.00421. The zero-order valence-electron chi connectivity index (χ0n) is 13.5. The van der Waals surface area contributed by atoms with Crippen LogP contribution in [-0.4, -0.2) is 26.0 Å². The van der Waals surface area contributed by atoms with Crippen LogP contribution in [0.15, 0.2) is 22.6 Å². The first-order valence-corrected chi connectivity index (χ1v) is 9.68. The van der Waals surface area contributed by atoms with Crippen molar-refractivity contribution in [2.75, 3.05) is 0 Å². The summed E-state index contributed by atoms with van der Waals surface area (Å²) in [5.41, 5.74) is 1.03. The van der Waals surface area contributed by atoms with E-state index in [1.54, 1.807) is 33.7 Å². The molecule has 6 heteroatoms. The summed E-state index contributed by atoms with van der Waals surface area (Å²) in [5.74, 6) is 0. The second-order valence-electron chi connectivity index (χ2n) is 6.07. The number of nitrogens with zero attached hydrogens (tertiary/aromatic N) is 2. The first-order chi connectivity index (χ1) is 11.0. The van der Waals surface area contributed by atoms with Gasteiger partial charge in [-0.25, -0.2) is 4.98 Å². The van der Waals surface area contributed by atoms with E-state index < -0.39 is 0 Å². The Bertz CT molecular complexity index is 794. The molecule has 0 amide bonds. The number of thioether (sulfide) groups is 1. The van der Waals surface area contributed by atoms with E-state index in [1.165, 1.54) is 0 Å². The second kappa shape index (κ2) is 6.79. The van der Waals surface area contributed by atoms with Gasteiger partial charge >= 0.3 is 0 Å². The standard InChI is InChI=1S/C17H22N2O2S2/c1-4-9-19-16(21)14-10(2)11(3)22-15(14)18-17(19)23-13-8-6-5-7-12(13)20/h4,12-13,20H,1,5-9H2,2-3H3/t12-,13-/m1/s1. The number of thiophene rings is 1. The van der Waals surface area contributed by atoms with Gasteiger partial charge < -0.3 is 5.11 Å². The maximum Gasteiger partial charge on any atom is 0.263 e. The van der Waals surface area contributed by atoms with Crippen molar-refractivity contribution in [1.82, 2.24) is 9.55 Å². The summed E-state index contributed by atoms with van der Waals surface area (Å²) in [5, 5.41) is 11.8. The first kappa shape index (κ1) is 16.7. The van der Waals surface area contributed by atoms with Crippen LogP contribution in [0.3, 0.4) is 0 Å². The number of hydrogen-bond donors (Lipinski definition) is 1. The molecule has 0 aromatic carbocycles. The Kier molecular flexibility index (Phi) is 4.94. The number of allylic oxidation sites excluding steroid dienone is 1. The topological polar surface area (TPSA) is 55.1 Å². The number of rotatable bonds is 4. The predicted octanol–water partition coefficient (Wildman–Crippen LogP) is 3.66. The van der Waals surface area contributed by atoms with Gasteiger partial charge in [-0.1, -0.05) is 30.7 Å². The fraction of sp³-hybridized carbons (Fsp3) is 0.529. The molecule has 0 spiro atoms. The van der Waals surface area contributed by atoms with E-state index in [2.05, 4.69) is 6.58 Å². The van der Waals surface area contributed by atoms with E-state index in [0.29, 0.717) is 11.7 Å². The molecule has 0 unspecified atom stereocenters. The summed E-state index contributed by atoms with van der Waals surface area (Å²) < 4.78 is 1.69. The Balaban J connectivity index is 2.09. The molecule has 1 N–H and O–H groups in total. The van der Waals surface area contributed by atoms with Crippen LogP contribution in [0.4, 0.5) is 0 Å². The molecule has 1 saturated carbocycles. The summed E-state index contributed by atoms with van der Waals surface area (Å²) in [7, 11) is 0. The number of fused-ring (bicyclic) bond motifs is 1. The number of aryl methyl sites for hydroxylation is 2. The summed E-state index contributed by atoms with van der Waals surface area (Å²) >= 11 is 3.11. The van der Waals surface area contributed by atoms with Gasteiger partial charge in [0.05, 0.1) is 11.5 Å². The molecule has 2 aromatic heterocycles. The predicted molar refractivity (Wildman–Crippen MR) is 97.7 cm³/mol. The number of aliphatic hydroxyl groups excluding tert-OH is 1. The van der Waals surface area contributed by atoms with Gasteiger partial charge in [-0.15, -0.1) is 17.9 Å². The normalized spacial score (nSPS) is 21.7. The molecule has 2 heterocycles. The Morgan fingerprint density at radius 1 is 1.43 bits per heavy atom. The summed E-state index contributed by atoms with van der Waals surface area (Å²) in [4.78, 5) is 19.6. The highest BCUT2D eigenvalue weighted by Gasteiger charge is 2.26. The zero-order chi connectivity index (χ0) is 16.6. The summed E-state index contributed by atoms with van der Waals surface area (Å²) in [6.45, 7) is 8.21. The van der Waals surface area contributed by atoms with Crippen LogP contribution < -0.4 is 5.56 Å². The Morgan fingerprint density at radius 2 is 2.17 bits per heavy atom. The van der Waals surface area contributed by atoms with E-state index in [0.717, 1.165) is 46.3 Å². The van der Waals surface area contributed by atoms with Crippen LogP contribution in [0, 0.1) is 13.8 Å². The molecule has 23 heavy (non-hydrogen) atoms. The Labute approximate surface area is 144 Å². The fourth-order valence-electron chi connectivity index (χ4n) is 3.04. The van der Waals surface area contributed by atoms with E-state index >= 15 is 0 Å². The number of aliphatic hydroxyl groups is 1. The maximum absolute atomic E-state index is 12.9. The van der Waals surface area contributed by atoms with Crippen molar-refractivity contribution in [3.63, 3.8) is 0 Å². The molecule has 1 aliphatic carbocycles. The highest BCUT2D eigenvalue weighted by atomic mass is 32.2. The molecule has 1 aliphatic rings. The molecule has 2 atom stereocenters. The average Bonchev–Trinajstić information content (AvgIpc) is 2.80. The van der Waals surface area contributed by atoms with Gasteiger partial charge in [-0.2, -0.15) is 0 Å². The highest BCUT2D eigenvalue weighted by molar-refractivity contribution is 7.99. The Hall–Kier alpha value is -1.11. The van der Waals surface area contributed by atoms with Crippen molar-refractivity contribution < 1.29 is 5.11 Å². The van der Waals surface area contributed by atoms with Gasteiger partial charge in [0.15, 0.2) is 5.16 Å². The maximum atomic E-state index is 12.9. The van der Waals surface area contributed by atoms with Crippen molar-refractivity contribution in [2.45, 2.75) is 62.6 Å². The van der Waals surface area contributed by atoms with Crippen molar-refractivity contribution in [3.8, 4) is 0 Å². The van der Waals surface area contributed by atoms with E-state index in [-0.39, 0.29) is 16.9 Å². The van der Waals surface area contributed by atoms with Crippen molar-refractivity contribution in [3.05, 3.63) is 33.4 Å². The SMILES string of the molecule is C=CCn1c(S[C@@H]2CCCC[C@H]2O)nc2sc(C)c(C)c2c1=O. The quantitative estimate of drug-likeness (QED) is 0.675. The third-order valence-corrected chi connectivity index (χ3v) is 6.97. The van der Waals surface area contributed by atoms with Crippen molar-refractivity contribution >= 4 is 33.3 Å².